The second-order valence-electron chi connectivity index (χ2n) is 9.38. The monoisotopic (exact) mass is 400 g/mol. The maximum absolute atomic E-state index is 11.3. The first-order chi connectivity index (χ1) is 13.5. The van der Waals surface area contributed by atoms with Gasteiger partial charge in [-0.1, -0.05) is 54.4 Å². The van der Waals surface area contributed by atoms with Crippen molar-refractivity contribution in [2.45, 2.75) is 71.6 Å². The number of benzene rings is 2. The molecule has 2 aromatic rings. The molecule has 0 spiro atoms. The highest BCUT2D eigenvalue weighted by atomic mass is 16.5. The molecule has 4 nitrogen and oxygen atoms in total. The molecule has 2 N–H and O–H groups in total. The molecular weight excluding hydrogens is 364 g/mol. The van der Waals surface area contributed by atoms with Gasteiger partial charge in [0, 0.05) is 22.3 Å². The Hall–Kier alpha value is -2.36. The molecule has 0 amide bonds. The van der Waals surface area contributed by atoms with E-state index in [1.165, 1.54) is 0 Å². The van der Waals surface area contributed by atoms with E-state index in [2.05, 4.69) is 20.8 Å². The Morgan fingerprint density at radius 2 is 1.21 bits per heavy atom. The SMILES string of the molecule is CCCCC(C)(C)c1cc(OC)cc(-c2cc(OC)cc(C(C)(C)C)c2O)c1O. The normalized spacial score (nSPS) is 12.1. The van der Waals surface area contributed by atoms with Gasteiger partial charge in [0.25, 0.3) is 0 Å². The van der Waals surface area contributed by atoms with Crippen LogP contribution in [0.4, 0.5) is 0 Å². The van der Waals surface area contributed by atoms with Gasteiger partial charge in [-0.05, 0) is 41.5 Å². The molecule has 0 atom stereocenters. The molecule has 2 aromatic carbocycles. The molecule has 0 fully saturated rings. The highest BCUT2D eigenvalue weighted by Crippen LogP contribution is 2.48. The van der Waals surface area contributed by atoms with E-state index in [4.69, 9.17) is 9.47 Å². The summed E-state index contributed by atoms with van der Waals surface area (Å²) in [6, 6.07) is 7.29. The van der Waals surface area contributed by atoms with Crippen LogP contribution in [0.1, 0.15) is 71.9 Å². The topological polar surface area (TPSA) is 58.9 Å². The number of ether oxygens (including phenoxy) is 2. The van der Waals surface area contributed by atoms with Crippen LogP contribution in [0.5, 0.6) is 23.0 Å². The molecule has 0 radical (unpaired) electrons. The molecule has 0 aliphatic heterocycles. The van der Waals surface area contributed by atoms with E-state index in [0.717, 1.165) is 30.4 Å². The van der Waals surface area contributed by atoms with Gasteiger partial charge in [-0.15, -0.1) is 0 Å². The summed E-state index contributed by atoms with van der Waals surface area (Å²) in [5.74, 6) is 1.61. The number of phenolic OH excluding ortho intramolecular Hbond substituents is 2. The predicted molar refractivity (Wildman–Crippen MR) is 120 cm³/mol. The molecule has 0 aliphatic rings. The van der Waals surface area contributed by atoms with Crippen LogP contribution in [0.15, 0.2) is 24.3 Å². The van der Waals surface area contributed by atoms with Gasteiger partial charge >= 0.3 is 0 Å². The lowest BCUT2D eigenvalue weighted by Gasteiger charge is -2.28. The zero-order valence-electron chi connectivity index (χ0n) is 19.1. The van der Waals surface area contributed by atoms with Crippen molar-refractivity contribution in [3.63, 3.8) is 0 Å². The molecule has 160 valence electrons. The molecule has 0 heterocycles. The number of phenols is 2. The zero-order chi connectivity index (χ0) is 22.0. The lowest BCUT2D eigenvalue weighted by molar-refractivity contribution is 0.393. The van der Waals surface area contributed by atoms with Crippen molar-refractivity contribution < 1.29 is 19.7 Å². The lowest BCUT2D eigenvalue weighted by Crippen LogP contribution is -2.17. The Bertz CT molecular complexity index is 860. The summed E-state index contributed by atoms with van der Waals surface area (Å²) < 4.78 is 11.0. The lowest BCUT2D eigenvalue weighted by atomic mass is 9.78. The Morgan fingerprint density at radius 1 is 0.759 bits per heavy atom. The second-order valence-corrected chi connectivity index (χ2v) is 9.38. The summed E-state index contributed by atoms with van der Waals surface area (Å²) in [4.78, 5) is 0. The summed E-state index contributed by atoms with van der Waals surface area (Å²) >= 11 is 0. The minimum Gasteiger partial charge on any atom is -0.507 e. The van der Waals surface area contributed by atoms with E-state index in [0.29, 0.717) is 22.6 Å². The molecule has 0 unspecified atom stereocenters. The number of unbranched alkanes of at least 4 members (excludes halogenated alkanes) is 1. The molecular formula is C25H36O4. The molecule has 2 rings (SSSR count). The average Bonchev–Trinajstić information content (AvgIpc) is 2.66. The fourth-order valence-electron chi connectivity index (χ4n) is 3.70. The molecule has 0 bridgehead atoms. The highest BCUT2D eigenvalue weighted by molar-refractivity contribution is 5.81. The third-order valence-corrected chi connectivity index (χ3v) is 5.62. The number of hydrogen-bond donors (Lipinski definition) is 2. The van der Waals surface area contributed by atoms with Crippen LogP contribution in [-0.2, 0) is 10.8 Å². The number of methoxy groups -OCH3 is 2. The third kappa shape index (κ3) is 4.80. The number of rotatable bonds is 7. The van der Waals surface area contributed by atoms with E-state index < -0.39 is 0 Å². The van der Waals surface area contributed by atoms with Crippen molar-refractivity contribution >= 4 is 0 Å². The van der Waals surface area contributed by atoms with Crippen LogP contribution in [0.3, 0.4) is 0 Å². The van der Waals surface area contributed by atoms with Gasteiger partial charge in [-0.2, -0.15) is 0 Å². The van der Waals surface area contributed by atoms with Crippen molar-refractivity contribution in [3.8, 4) is 34.1 Å². The first-order valence-corrected chi connectivity index (χ1v) is 10.3. The highest BCUT2D eigenvalue weighted by Gasteiger charge is 2.29. The van der Waals surface area contributed by atoms with Crippen molar-refractivity contribution in [2.24, 2.45) is 0 Å². The smallest absolute Gasteiger partial charge is 0.127 e. The van der Waals surface area contributed by atoms with E-state index in [1.807, 2.05) is 32.9 Å². The standard InChI is InChI=1S/C25H36O4/c1-9-10-11-25(5,6)21-15-17(29-8)13-19(23(21)27)18-12-16(28-7)14-20(22(18)26)24(2,3)4/h12-15,26-27H,9-11H2,1-8H3. The fourth-order valence-corrected chi connectivity index (χ4v) is 3.70. The molecule has 0 aromatic heterocycles. The van der Waals surface area contributed by atoms with Gasteiger partial charge in [0.2, 0.25) is 0 Å². The van der Waals surface area contributed by atoms with Crippen LogP contribution in [0.2, 0.25) is 0 Å². The summed E-state index contributed by atoms with van der Waals surface area (Å²) in [5, 5.41) is 22.4. The second kappa shape index (κ2) is 8.56. The minimum absolute atomic E-state index is 0.152. The van der Waals surface area contributed by atoms with Gasteiger partial charge in [0.15, 0.2) is 0 Å². The average molecular weight is 401 g/mol. The minimum atomic E-state index is -0.287. The summed E-state index contributed by atoms with van der Waals surface area (Å²) in [6.07, 6.45) is 3.10. The van der Waals surface area contributed by atoms with Crippen LogP contribution in [0.25, 0.3) is 11.1 Å². The zero-order valence-corrected chi connectivity index (χ0v) is 19.1. The molecule has 29 heavy (non-hydrogen) atoms. The number of aromatic hydroxyl groups is 2. The maximum Gasteiger partial charge on any atom is 0.127 e. The van der Waals surface area contributed by atoms with Crippen molar-refractivity contribution in [1.29, 1.82) is 0 Å². The predicted octanol–water partition coefficient (Wildman–Crippen LogP) is 6.55. The number of hydrogen-bond acceptors (Lipinski definition) is 4. The largest absolute Gasteiger partial charge is 0.507 e. The van der Waals surface area contributed by atoms with E-state index >= 15 is 0 Å². The van der Waals surface area contributed by atoms with Crippen LogP contribution in [-0.4, -0.2) is 24.4 Å². The van der Waals surface area contributed by atoms with Gasteiger partial charge < -0.3 is 19.7 Å². The van der Waals surface area contributed by atoms with E-state index in [9.17, 15) is 10.2 Å². The molecule has 4 heteroatoms. The van der Waals surface area contributed by atoms with E-state index in [-0.39, 0.29) is 22.3 Å². The Balaban J connectivity index is 2.80. The van der Waals surface area contributed by atoms with Gasteiger partial charge in [-0.3, -0.25) is 0 Å². The van der Waals surface area contributed by atoms with Crippen molar-refractivity contribution in [2.75, 3.05) is 14.2 Å². The van der Waals surface area contributed by atoms with Gasteiger partial charge in [0.1, 0.15) is 23.0 Å². The quantitative estimate of drug-likeness (QED) is 0.553. The maximum atomic E-state index is 11.3. The summed E-state index contributed by atoms with van der Waals surface area (Å²) in [7, 11) is 3.22. The Kier molecular flexibility index (Phi) is 6.77. The van der Waals surface area contributed by atoms with Crippen molar-refractivity contribution in [3.05, 3.63) is 35.4 Å². The summed E-state index contributed by atoms with van der Waals surface area (Å²) in [6.45, 7) is 12.5. The Morgan fingerprint density at radius 3 is 1.62 bits per heavy atom. The molecule has 0 aliphatic carbocycles. The van der Waals surface area contributed by atoms with Crippen LogP contribution in [0, 0.1) is 0 Å². The fraction of sp³-hybridized carbons (Fsp3) is 0.520. The van der Waals surface area contributed by atoms with E-state index in [1.54, 1.807) is 26.4 Å². The van der Waals surface area contributed by atoms with Crippen LogP contribution >= 0.6 is 0 Å². The van der Waals surface area contributed by atoms with Gasteiger partial charge in [-0.25, -0.2) is 0 Å². The first kappa shape index (κ1) is 22.9. The van der Waals surface area contributed by atoms with Gasteiger partial charge in [0.05, 0.1) is 14.2 Å². The van der Waals surface area contributed by atoms with Crippen molar-refractivity contribution in [1.82, 2.24) is 0 Å². The third-order valence-electron chi connectivity index (χ3n) is 5.62. The Labute approximate surface area is 175 Å². The summed E-state index contributed by atoms with van der Waals surface area (Å²) in [5.41, 5.74) is 2.15. The first-order valence-electron chi connectivity index (χ1n) is 10.3. The molecule has 0 saturated heterocycles. The van der Waals surface area contributed by atoms with Crippen LogP contribution < -0.4 is 9.47 Å². The molecule has 0 saturated carbocycles.